The summed E-state index contributed by atoms with van der Waals surface area (Å²) in [6, 6.07) is 11.5. The lowest BCUT2D eigenvalue weighted by atomic mass is 10.2. The Morgan fingerprint density at radius 3 is 2.44 bits per heavy atom. The summed E-state index contributed by atoms with van der Waals surface area (Å²) in [4.78, 5) is 0.645. The van der Waals surface area contributed by atoms with Crippen molar-refractivity contribution in [3.63, 3.8) is 0 Å². The number of anilines is 1. The van der Waals surface area contributed by atoms with Crippen LogP contribution in [0, 0.1) is 5.82 Å². The predicted molar refractivity (Wildman–Crippen MR) is 75.1 cm³/mol. The first-order valence-corrected chi connectivity index (χ1v) is 7.35. The van der Waals surface area contributed by atoms with Gasteiger partial charge >= 0.3 is 0 Å². The van der Waals surface area contributed by atoms with Gasteiger partial charge in [0.1, 0.15) is 5.82 Å². The molecule has 0 fully saturated rings. The van der Waals surface area contributed by atoms with Crippen molar-refractivity contribution in [3.05, 3.63) is 58.3 Å². The Kier molecular flexibility index (Phi) is 4.14. The average Bonchev–Trinajstić information content (AvgIpc) is 2.33. The van der Waals surface area contributed by atoms with Gasteiger partial charge in [0.05, 0.1) is 16.6 Å². The van der Waals surface area contributed by atoms with E-state index in [9.17, 15) is 8.60 Å². The van der Waals surface area contributed by atoms with Gasteiger partial charge in [-0.25, -0.2) is 4.39 Å². The van der Waals surface area contributed by atoms with Gasteiger partial charge in [-0.3, -0.25) is 4.21 Å². The molecule has 0 aliphatic heterocycles. The highest BCUT2D eigenvalue weighted by atomic mass is 79.9. The van der Waals surface area contributed by atoms with Gasteiger partial charge < -0.3 is 5.73 Å². The molecule has 18 heavy (non-hydrogen) atoms. The number of rotatable bonds is 3. The van der Waals surface area contributed by atoms with Gasteiger partial charge in [-0.15, -0.1) is 0 Å². The fraction of sp³-hybridized carbons (Fsp3) is 0.0769. The molecule has 2 rings (SSSR count). The number of hydrogen-bond acceptors (Lipinski definition) is 2. The van der Waals surface area contributed by atoms with Crippen molar-refractivity contribution in [1.82, 2.24) is 0 Å². The lowest BCUT2D eigenvalue weighted by Crippen LogP contribution is -1.99. The Morgan fingerprint density at radius 1 is 1.17 bits per heavy atom. The number of hydrogen-bond donors (Lipinski definition) is 1. The van der Waals surface area contributed by atoms with E-state index in [0.29, 0.717) is 20.6 Å². The summed E-state index contributed by atoms with van der Waals surface area (Å²) >= 11 is 3.19. The fourth-order valence-corrected chi connectivity index (χ4v) is 2.94. The molecule has 0 aliphatic rings. The van der Waals surface area contributed by atoms with Crippen LogP contribution in [0.2, 0.25) is 0 Å². The first-order valence-electron chi connectivity index (χ1n) is 5.24. The van der Waals surface area contributed by atoms with E-state index in [1.54, 1.807) is 36.4 Å². The van der Waals surface area contributed by atoms with Crippen molar-refractivity contribution >= 4 is 32.4 Å². The van der Waals surface area contributed by atoms with Gasteiger partial charge in [-0.05, 0) is 36.4 Å². The van der Waals surface area contributed by atoms with E-state index < -0.39 is 10.8 Å². The van der Waals surface area contributed by atoms with E-state index in [1.807, 2.05) is 0 Å². The number of nitrogens with two attached hydrogens (primary N) is 1. The summed E-state index contributed by atoms with van der Waals surface area (Å²) in [5.41, 5.74) is 6.61. The molecule has 94 valence electrons. The van der Waals surface area contributed by atoms with Gasteiger partial charge in [0.25, 0.3) is 0 Å². The van der Waals surface area contributed by atoms with Crippen molar-refractivity contribution in [1.29, 1.82) is 0 Å². The van der Waals surface area contributed by atoms with E-state index in [-0.39, 0.29) is 11.6 Å². The van der Waals surface area contributed by atoms with Gasteiger partial charge in [0.2, 0.25) is 0 Å². The average molecular weight is 328 g/mol. The van der Waals surface area contributed by atoms with Crippen molar-refractivity contribution in [3.8, 4) is 0 Å². The van der Waals surface area contributed by atoms with Crippen LogP contribution >= 0.6 is 15.9 Å². The number of halogens is 2. The molecule has 0 aromatic heterocycles. The third kappa shape index (κ3) is 3.17. The topological polar surface area (TPSA) is 43.1 Å². The summed E-state index contributed by atoms with van der Waals surface area (Å²) in [5.74, 6) is -0.198. The molecular weight excluding hydrogens is 317 g/mol. The van der Waals surface area contributed by atoms with Crippen LogP contribution in [-0.4, -0.2) is 4.21 Å². The summed E-state index contributed by atoms with van der Waals surface area (Å²) in [6.07, 6.45) is 0. The van der Waals surface area contributed by atoms with E-state index in [0.717, 1.165) is 0 Å². The summed E-state index contributed by atoms with van der Waals surface area (Å²) in [6.45, 7) is 0. The van der Waals surface area contributed by atoms with Crippen LogP contribution in [0.1, 0.15) is 5.56 Å². The molecule has 0 aliphatic carbocycles. The maximum atomic E-state index is 13.6. The minimum atomic E-state index is -1.27. The Hall–Kier alpha value is -1.20. The second-order valence-electron chi connectivity index (χ2n) is 3.79. The second-order valence-corrected chi connectivity index (χ2v) is 6.16. The molecule has 0 spiro atoms. The molecule has 1 atom stereocenters. The molecule has 0 bridgehead atoms. The maximum absolute atomic E-state index is 13.6. The molecule has 2 N–H and O–H groups in total. The van der Waals surface area contributed by atoms with Crippen molar-refractivity contribution in [2.24, 2.45) is 0 Å². The summed E-state index contributed by atoms with van der Waals surface area (Å²) < 4.78 is 26.3. The minimum Gasteiger partial charge on any atom is -0.399 e. The number of benzene rings is 2. The van der Waals surface area contributed by atoms with Crippen molar-refractivity contribution < 1.29 is 8.60 Å². The maximum Gasteiger partial charge on any atom is 0.128 e. The van der Waals surface area contributed by atoms with Gasteiger partial charge in [0, 0.05) is 20.6 Å². The lowest BCUT2D eigenvalue weighted by molar-refractivity contribution is 0.614. The molecule has 5 heteroatoms. The third-order valence-electron chi connectivity index (χ3n) is 2.44. The first-order chi connectivity index (χ1) is 8.56. The van der Waals surface area contributed by atoms with Crippen LogP contribution in [-0.2, 0) is 16.6 Å². The van der Waals surface area contributed by atoms with Crippen LogP contribution in [0.25, 0.3) is 0 Å². The monoisotopic (exact) mass is 327 g/mol. The third-order valence-corrected chi connectivity index (χ3v) is 4.31. The van der Waals surface area contributed by atoms with Gasteiger partial charge in [-0.2, -0.15) is 0 Å². The van der Waals surface area contributed by atoms with Crippen molar-refractivity contribution in [2.45, 2.75) is 10.6 Å². The highest BCUT2D eigenvalue weighted by molar-refractivity contribution is 9.10. The van der Waals surface area contributed by atoms with Crippen LogP contribution in [0.3, 0.4) is 0 Å². The molecule has 0 saturated carbocycles. The Morgan fingerprint density at radius 2 is 1.83 bits per heavy atom. The molecule has 0 radical (unpaired) electrons. The SMILES string of the molecule is Nc1ccc(S(=O)Cc2ccc(Br)cc2F)cc1. The quantitative estimate of drug-likeness (QED) is 0.877. The molecular formula is C13H11BrFNOS. The Labute approximate surface area is 116 Å². The standard InChI is InChI=1S/C13H11BrFNOS/c14-10-2-1-9(13(15)7-10)8-18(17)12-5-3-11(16)4-6-12/h1-7H,8,16H2. The zero-order chi connectivity index (χ0) is 13.1. The minimum absolute atomic E-state index is 0.156. The lowest BCUT2D eigenvalue weighted by Gasteiger charge is -2.05. The zero-order valence-electron chi connectivity index (χ0n) is 9.40. The van der Waals surface area contributed by atoms with E-state index >= 15 is 0 Å². The molecule has 1 unspecified atom stereocenters. The predicted octanol–water partition coefficient (Wildman–Crippen LogP) is 3.48. The fourth-order valence-electron chi connectivity index (χ4n) is 1.48. The smallest absolute Gasteiger partial charge is 0.128 e. The second kappa shape index (κ2) is 5.63. The molecule has 0 saturated heterocycles. The number of nitrogen functional groups attached to an aromatic ring is 1. The van der Waals surface area contributed by atoms with E-state index in [4.69, 9.17) is 5.73 Å². The summed E-state index contributed by atoms with van der Waals surface area (Å²) in [5, 5.41) is 0. The molecule has 0 amide bonds. The highest BCUT2D eigenvalue weighted by Crippen LogP contribution is 2.19. The van der Waals surface area contributed by atoms with Crippen LogP contribution < -0.4 is 5.73 Å². The van der Waals surface area contributed by atoms with E-state index in [2.05, 4.69) is 15.9 Å². The van der Waals surface area contributed by atoms with Gasteiger partial charge in [0.15, 0.2) is 0 Å². The Bertz CT molecular complexity index is 586. The van der Waals surface area contributed by atoms with Crippen LogP contribution in [0.5, 0.6) is 0 Å². The van der Waals surface area contributed by atoms with Crippen molar-refractivity contribution in [2.75, 3.05) is 5.73 Å². The largest absolute Gasteiger partial charge is 0.399 e. The molecule has 2 aromatic rings. The summed E-state index contributed by atoms with van der Waals surface area (Å²) in [7, 11) is -1.27. The van der Waals surface area contributed by atoms with E-state index in [1.165, 1.54) is 6.07 Å². The molecule has 2 nitrogen and oxygen atoms in total. The highest BCUT2D eigenvalue weighted by Gasteiger charge is 2.09. The van der Waals surface area contributed by atoms with Crippen LogP contribution in [0.4, 0.5) is 10.1 Å². The molecule has 0 heterocycles. The van der Waals surface area contributed by atoms with Crippen LogP contribution in [0.15, 0.2) is 51.8 Å². The normalized spacial score (nSPS) is 12.3. The zero-order valence-corrected chi connectivity index (χ0v) is 11.8. The first kappa shape index (κ1) is 13.2. The van der Waals surface area contributed by atoms with Gasteiger partial charge in [-0.1, -0.05) is 22.0 Å². The Balaban J connectivity index is 2.18. The molecule has 2 aromatic carbocycles.